The van der Waals surface area contributed by atoms with Crippen molar-refractivity contribution in [1.82, 2.24) is 0 Å². The molecule has 10 heavy (non-hydrogen) atoms. The molecule has 0 rings (SSSR count). The Hall–Kier alpha value is -0.465. The van der Waals surface area contributed by atoms with Crippen molar-refractivity contribution in [3.05, 3.63) is 0 Å². The summed E-state index contributed by atoms with van der Waals surface area (Å²) in [7, 11) is 1.93. The van der Waals surface area contributed by atoms with E-state index in [9.17, 15) is 4.79 Å². The highest BCUT2D eigenvalue weighted by Gasteiger charge is 2.39. The van der Waals surface area contributed by atoms with Crippen LogP contribution >= 0.6 is 0 Å². The summed E-state index contributed by atoms with van der Waals surface area (Å²) < 4.78 is 0. The summed E-state index contributed by atoms with van der Waals surface area (Å²) >= 11 is 0. The third-order valence-corrected chi connectivity index (χ3v) is 2.41. The molecular formula is C7H15BO2. The first-order valence-electron chi connectivity index (χ1n) is 3.43. The number of hydrogen-bond donors (Lipinski definition) is 1. The van der Waals surface area contributed by atoms with Crippen LogP contribution in [0.15, 0.2) is 0 Å². The summed E-state index contributed by atoms with van der Waals surface area (Å²) in [5.74, 6) is -0.736. The summed E-state index contributed by atoms with van der Waals surface area (Å²) in [6, 6.07) is 0. The highest BCUT2D eigenvalue weighted by atomic mass is 16.4. The van der Waals surface area contributed by atoms with Crippen molar-refractivity contribution in [2.45, 2.75) is 33.0 Å². The van der Waals surface area contributed by atoms with E-state index in [4.69, 9.17) is 5.11 Å². The Labute approximate surface area is 63.0 Å². The fourth-order valence-corrected chi connectivity index (χ4v) is 0.321. The Kier molecular flexibility index (Phi) is 2.19. The van der Waals surface area contributed by atoms with Crippen molar-refractivity contribution in [2.75, 3.05) is 0 Å². The second-order valence-corrected chi connectivity index (χ2v) is 4.18. The molecule has 0 aliphatic heterocycles. The Bertz CT molecular complexity index is 144. The van der Waals surface area contributed by atoms with Gasteiger partial charge in [-0.1, -0.05) is 13.8 Å². The maximum Gasteiger partial charge on any atom is 0.308 e. The van der Waals surface area contributed by atoms with Crippen LogP contribution in [-0.2, 0) is 4.79 Å². The van der Waals surface area contributed by atoms with Crippen LogP contribution in [0.1, 0.15) is 27.7 Å². The molecule has 1 N–H and O–H groups in total. The summed E-state index contributed by atoms with van der Waals surface area (Å²) in [4.78, 5) is 10.7. The molecule has 0 heterocycles. The fourth-order valence-electron chi connectivity index (χ4n) is 0.321. The second-order valence-electron chi connectivity index (χ2n) is 4.18. The Balaban J connectivity index is 4.57. The van der Waals surface area contributed by atoms with Crippen LogP contribution in [-0.4, -0.2) is 18.9 Å². The van der Waals surface area contributed by atoms with Gasteiger partial charge in [0.2, 0.25) is 0 Å². The van der Waals surface area contributed by atoms with Gasteiger partial charge in [0, 0.05) is 0 Å². The van der Waals surface area contributed by atoms with Crippen LogP contribution in [0.25, 0.3) is 0 Å². The van der Waals surface area contributed by atoms with E-state index in [0.717, 1.165) is 0 Å². The van der Waals surface area contributed by atoms with Crippen molar-refractivity contribution < 1.29 is 9.90 Å². The Morgan fingerprint density at radius 2 is 1.60 bits per heavy atom. The molecular weight excluding hydrogens is 127 g/mol. The van der Waals surface area contributed by atoms with Crippen LogP contribution in [0.3, 0.4) is 0 Å². The number of hydrogen-bond acceptors (Lipinski definition) is 1. The van der Waals surface area contributed by atoms with Crippen molar-refractivity contribution in [1.29, 1.82) is 0 Å². The van der Waals surface area contributed by atoms with Crippen molar-refractivity contribution in [3.63, 3.8) is 0 Å². The number of carboxylic acid groups (broad SMARTS) is 1. The van der Waals surface area contributed by atoms with Gasteiger partial charge in [-0.25, -0.2) is 0 Å². The predicted molar refractivity (Wildman–Crippen MR) is 44.0 cm³/mol. The first kappa shape index (κ1) is 9.53. The number of carbonyl (C=O) groups is 1. The molecule has 0 aromatic carbocycles. The zero-order valence-corrected chi connectivity index (χ0v) is 7.36. The molecule has 0 amide bonds. The molecule has 0 aliphatic rings. The van der Waals surface area contributed by atoms with Crippen molar-refractivity contribution >= 4 is 13.8 Å². The molecule has 0 aromatic rings. The molecule has 0 radical (unpaired) electrons. The molecule has 2 nitrogen and oxygen atoms in total. The number of carboxylic acids is 1. The monoisotopic (exact) mass is 142 g/mol. The maximum absolute atomic E-state index is 10.7. The number of rotatable bonds is 2. The average molecular weight is 142 g/mol. The highest BCUT2D eigenvalue weighted by Crippen LogP contribution is 2.41. The molecule has 0 fully saturated rings. The third kappa shape index (κ3) is 1.52. The molecule has 0 aromatic heterocycles. The van der Waals surface area contributed by atoms with Gasteiger partial charge in [0.1, 0.15) is 7.85 Å². The van der Waals surface area contributed by atoms with Crippen LogP contribution in [0, 0.1) is 5.41 Å². The third-order valence-electron chi connectivity index (χ3n) is 2.41. The molecule has 0 spiro atoms. The SMILES string of the molecule is BC(C)(C)C(C)(C)C(=O)O. The van der Waals surface area contributed by atoms with Crippen molar-refractivity contribution in [3.8, 4) is 0 Å². The molecule has 0 saturated heterocycles. The Morgan fingerprint density at radius 1 is 1.30 bits per heavy atom. The lowest BCUT2D eigenvalue weighted by atomic mass is 9.56. The van der Waals surface area contributed by atoms with Gasteiger partial charge in [-0.05, 0) is 19.2 Å². The summed E-state index contributed by atoms with van der Waals surface area (Å²) in [5.41, 5.74) is -0.646. The maximum atomic E-state index is 10.7. The summed E-state index contributed by atoms with van der Waals surface area (Å²) in [6.07, 6.45) is 0. The fraction of sp³-hybridized carbons (Fsp3) is 0.857. The summed E-state index contributed by atoms with van der Waals surface area (Å²) in [5, 5.41) is 8.60. The molecule has 0 unspecified atom stereocenters. The van der Waals surface area contributed by atoms with Gasteiger partial charge in [0.25, 0.3) is 0 Å². The van der Waals surface area contributed by atoms with Crippen LogP contribution in [0.4, 0.5) is 0 Å². The van der Waals surface area contributed by atoms with E-state index in [0.29, 0.717) is 0 Å². The minimum Gasteiger partial charge on any atom is -0.481 e. The van der Waals surface area contributed by atoms with Gasteiger partial charge in [-0.2, -0.15) is 0 Å². The smallest absolute Gasteiger partial charge is 0.308 e. The van der Waals surface area contributed by atoms with E-state index in [1.165, 1.54) is 0 Å². The minimum absolute atomic E-state index is 0.182. The first-order chi connectivity index (χ1) is 4.19. The molecule has 0 bridgehead atoms. The van der Waals surface area contributed by atoms with Gasteiger partial charge in [0.15, 0.2) is 0 Å². The van der Waals surface area contributed by atoms with Gasteiger partial charge < -0.3 is 5.11 Å². The average Bonchev–Trinajstić information content (AvgIpc) is 1.62. The van der Waals surface area contributed by atoms with E-state index in [1.807, 2.05) is 21.7 Å². The predicted octanol–water partition coefficient (Wildman–Crippen LogP) is 0.929. The van der Waals surface area contributed by atoms with Gasteiger partial charge >= 0.3 is 5.97 Å². The molecule has 0 atom stereocenters. The molecule has 3 heteroatoms. The molecule has 0 aliphatic carbocycles. The van der Waals surface area contributed by atoms with Gasteiger partial charge in [-0.3, -0.25) is 4.79 Å². The summed E-state index contributed by atoms with van der Waals surface area (Å²) in [6.45, 7) is 7.35. The van der Waals surface area contributed by atoms with Crippen molar-refractivity contribution in [2.24, 2.45) is 5.41 Å². The van der Waals surface area contributed by atoms with E-state index in [1.54, 1.807) is 13.8 Å². The standard InChI is InChI=1S/C7H15BO2/c1-6(2,5(9)10)7(3,4)8/h8H2,1-4H3,(H,9,10). The zero-order valence-electron chi connectivity index (χ0n) is 7.36. The molecule has 58 valence electrons. The highest BCUT2D eigenvalue weighted by molar-refractivity contribution is 6.17. The lowest BCUT2D eigenvalue weighted by Gasteiger charge is -2.34. The minimum atomic E-state index is -0.736. The first-order valence-corrected chi connectivity index (χ1v) is 3.43. The van der Waals surface area contributed by atoms with E-state index < -0.39 is 11.4 Å². The van der Waals surface area contributed by atoms with E-state index >= 15 is 0 Å². The molecule has 0 saturated carbocycles. The lowest BCUT2D eigenvalue weighted by Crippen LogP contribution is -2.34. The van der Waals surface area contributed by atoms with Gasteiger partial charge in [0.05, 0.1) is 5.41 Å². The van der Waals surface area contributed by atoms with Gasteiger partial charge in [-0.15, -0.1) is 0 Å². The topological polar surface area (TPSA) is 37.3 Å². The lowest BCUT2D eigenvalue weighted by molar-refractivity contribution is -0.148. The Morgan fingerprint density at radius 3 is 1.60 bits per heavy atom. The van der Waals surface area contributed by atoms with E-state index in [2.05, 4.69) is 0 Å². The quantitative estimate of drug-likeness (QED) is 0.582. The van der Waals surface area contributed by atoms with Crippen LogP contribution in [0.2, 0.25) is 5.31 Å². The number of aliphatic carboxylic acids is 1. The zero-order chi connectivity index (χ0) is 8.58. The van der Waals surface area contributed by atoms with Crippen LogP contribution in [0.5, 0.6) is 0 Å². The largest absolute Gasteiger partial charge is 0.481 e. The normalized spacial score (nSPS) is 13.2. The second kappa shape index (κ2) is 2.29. The van der Waals surface area contributed by atoms with Crippen LogP contribution < -0.4 is 0 Å². The van der Waals surface area contributed by atoms with E-state index in [-0.39, 0.29) is 5.31 Å².